The molecule has 0 fully saturated rings. The summed E-state index contributed by atoms with van der Waals surface area (Å²) in [6, 6.07) is 17.3. The van der Waals surface area contributed by atoms with Crippen molar-refractivity contribution in [3.05, 3.63) is 78.2 Å². The van der Waals surface area contributed by atoms with Crippen molar-refractivity contribution in [3.8, 4) is 17.4 Å². The minimum absolute atomic E-state index is 0.149. The molecule has 4 rings (SSSR count). The summed E-state index contributed by atoms with van der Waals surface area (Å²) < 4.78 is 16.3. The number of pyridine rings is 1. The van der Waals surface area contributed by atoms with E-state index >= 15 is 0 Å². The Kier molecular flexibility index (Phi) is 5.04. The molecule has 0 spiro atoms. The van der Waals surface area contributed by atoms with Crippen LogP contribution in [-0.2, 0) is 0 Å². The van der Waals surface area contributed by atoms with Crippen molar-refractivity contribution in [1.82, 2.24) is 4.98 Å². The Morgan fingerprint density at radius 3 is 2.50 bits per heavy atom. The van der Waals surface area contributed by atoms with Crippen LogP contribution < -0.4 is 20.5 Å². The molecule has 0 saturated heterocycles. The maximum atomic E-state index is 12.7. The summed E-state index contributed by atoms with van der Waals surface area (Å²) in [5.74, 6) is 0.0944. The van der Waals surface area contributed by atoms with Crippen molar-refractivity contribution in [3.63, 3.8) is 0 Å². The van der Waals surface area contributed by atoms with Crippen LogP contribution in [0.4, 0.5) is 5.69 Å². The summed E-state index contributed by atoms with van der Waals surface area (Å²) in [4.78, 5) is 28.7. The summed E-state index contributed by atoms with van der Waals surface area (Å²) >= 11 is 0. The number of fused-ring (bicyclic) bond motifs is 1. The van der Waals surface area contributed by atoms with Gasteiger partial charge in [0.05, 0.1) is 12.7 Å². The molecule has 0 radical (unpaired) electrons. The average Bonchev–Trinajstić information content (AvgIpc) is 3.12. The number of benzene rings is 2. The van der Waals surface area contributed by atoms with Crippen LogP contribution in [0.2, 0.25) is 0 Å². The Morgan fingerprint density at radius 2 is 1.83 bits per heavy atom. The molecule has 4 aromatic rings. The number of methoxy groups -OCH3 is 1. The van der Waals surface area contributed by atoms with Gasteiger partial charge in [-0.2, -0.15) is 0 Å². The third-order valence-corrected chi connectivity index (χ3v) is 4.32. The molecule has 0 saturated carbocycles. The molecule has 0 unspecified atom stereocenters. The first-order valence-electron chi connectivity index (χ1n) is 8.96. The van der Waals surface area contributed by atoms with Crippen LogP contribution in [0.3, 0.4) is 0 Å². The van der Waals surface area contributed by atoms with Gasteiger partial charge in [0, 0.05) is 23.7 Å². The second-order valence-electron chi connectivity index (χ2n) is 6.29. The van der Waals surface area contributed by atoms with Crippen LogP contribution in [0.5, 0.6) is 17.4 Å². The van der Waals surface area contributed by atoms with Crippen molar-refractivity contribution in [2.45, 2.75) is 0 Å². The van der Waals surface area contributed by atoms with Gasteiger partial charge in [0.25, 0.3) is 11.8 Å². The number of carbonyl (C=O) groups excluding carboxylic acids is 2. The molecule has 8 nitrogen and oxygen atoms in total. The largest absolute Gasteiger partial charge is 0.497 e. The number of amides is 2. The number of ether oxygens (including phenoxy) is 2. The predicted molar refractivity (Wildman–Crippen MR) is 110 cm³/mol. The number of carbonyl (C=O) groups is 2. The number of para-hydroxylation sites is 1. The Balaban J connectivity index is 1.58. The molecule has 150 valence electrons. The van der Waals surface area contributed by atoms with Crippen molar-refractivity contribution < 1.29 is 23.5 Å². The highest BCUT2D eigenvalue weighted by molar-refractivity contribution is 6.14. The van der Waals surface area contributed by atoms with Crippen LogP contribution in [0.25, 0.3) is 11.0 Å². The van der Waals surface area contributed by atoms with Gasteiger partial charge in [-0.3, -0.25) is 9.59 Å². The summed E-state index contributed by atoms with van der Waals surface area (Å²) in [7, 11) is 1.51. The SMILES string of the molecule is COc1ccc2c(NC(=O)c3ccc(Oc4ccccc4)nc3)c(C(N)=O)oc2c1. The van der Waals surface area contributed by atoms with Gasteiger partial charge < -0.3 is 24.9 Å². The Hall–Kier alpha value is -4.33. The number of aromatic nitrogens is 1. The van der Waals surface area contributed by atoms with Gasteiger partial charge in [0.15, 0.2) is 0 Å². The molecule has 0 aliphatic carbocycles. The normalized spacial score (nSPS) is 10.6. The summed E-state index contributed by atoms with van der Waals surface area (Å²) in [6.45, 7) is 0. The van der Waals surface area contributed by atoms with Gasteiger partial charge in [-0.15, -0.1) is 0 Å². The third kappa shape index (κ3) is 3.79. The fraction of sp³-hybridized carbons (Fsp3) is 0.0455. The number of rotatable bonds is 6. The summed E-state index contributed by atoms with van der Waals surface area (Å²) in [5.41, 5.74) is 6.24. The smallest absolute Gasteiger partial charge is 0.286 e. The van der Waals surface area contributed by atoms with E-state index in [0.29, 0.717) is 28.3 Å². The zero-order valence-electron chi connectivity index (χ0n) is 15.9. The van der Waals surface area contributed by atoms with Crippen molar-refractivity contribution >= 4 is 28.5 Å². The molecule has 0 aliphatic rings. The van der Waals surface area contributed by atoms with Crippen LogP contribution in [0.1, 0.15) is 20.9 Å². The molecule has 0 atom stereocenters. The van der Waals surface area contributed by atoms with E-state index in [0.717, 1.165) is 0 Å². The molecule has 2 amide bonds. The number of nitrogens with zero attached hydrogens (tertiary/aromatic N) is 1. The molecule has 3 N–H and O–H groups in total. The van der Waals surface area contributed by atoms with Crippen molar-refractivity contribution in [2.24, 2.45) is 5.73 Å². The minimum Gasteiger partial charge on any atom is -0.497 e. The highest BCUT2D eigenvalue weighted by Gasteiger charge is 2.21. The molecule has 0 aliphatic heterocycles. The number of primary amides is 1. The number of hydrogen-bond donors (Lipinski definition) is 2. The van der Waals surface area contributed by atoms with Crippen LogP contribution in [-0.4, -0.2) is 23.9 Å². The Bertz CT molecular complexity index is 1220. The standard InChI is InChI=1S/C22H17N3O5/c1-28-15-8-9-16-17(11-15)30-20(21(23)26)19(16)25-22(27)13-7-10-18(24-12-13)29-14-5-3-2-4-6-14/h2-12H,1H3,(H2,23,26)(H,25,27). The first-order chi connectivity index (χ1) is 14.5. The van der Waals surface area contributed by atoms with E-state index in [1.807, 2.05) is 18.2 Å². The number of hydrogen-bond acceptors (Lipinski definition) is 6. The van der Waals surface area contributed by atoms with Crippen molar-refractivity contribution in [1.29, 1.82) is 0 Å². The zero-order valence-corrected chi connectivity index (χ0v) is 15.9. The predicted octanol–water partition coefficient (Wildman–Crippen LogP) is 3.98. The highest BCUT2D eigenvalue weighted by atomic mass is 16.5. The average molecular weight is 403 g/mol. The quantitative estimate of drug-likeness (QED) is 0.503. The number of nitrogens with two attached hydrogens (primary N) is 1. The van der Waals surface area contributed by atoms with E-state index in [2.05, 4.69) is 10.3 Å². The topological polar surface area (TPSA) is 117 Å². The molecule has 2 aromatic carbocycles. The molecule has 8 heteroatoms. The van der Waals surface area contributed by atoms with Crippen LogP contribution >= 0.6 is 0 Å². The molecule has 30 heavy (non-hydrogen) atoms. The van der Waals surface area contributed by atoms with Crippen LogP contribution in [0.15, 0.2) is 71.3 Å². The summed E-state index contributed by atoms with van der Waals surface area (Å²) in [5, 5.41) is 3.21. The van der Waals surface area contributed by atoms with Gasteiger partial charge in [-0.05, 0) is 30.3 Å². The van der Waals surface area contributed by atoms with Gasteiger partial charge in [0.2, 0.25) is 11.6 Å². The number of anilines is 1. The lowest BCUT2D eigenvalue weighted by Gasteiger charge is -2.07. The van der Waals surface area contributed by atoms with E-state index in [-0.39, 0.29) is 17.0 Å². The Labute approximate surface area is 171 Å². The number of nitrogens with one attached hydrogen (secondary N) is 1. The second kappa shape index (κ2) is 7.96. The van der Waals surface area contributed by atoms with E-state index in [1.165, 1.54) is 13.3 Å². The molecular weight excluding hydrogens is 386 g/mol. The second-order valence-corrected chi connectivity index (χ2v) is 6.29. The fourth-order valence-corrected chi connectivity index (χ4v) is 2.87. The maximum absolute atomic E-state index is 12.7. The fourth-order valence-electron chi connectivity index (χ4n) is 2.87. The molecule has 0 bridgehead atoms. The lowest BCUT2D eigenvalue weighted by Crippen LogP contribution is -2.17. The third-order valence-electron chi connectivity index (χ3n) is 4.32. The summed E-state index contributed by atoms with van der Waals surface area (Å²) in [6.07, 6.45) is 1.38. The van der Waals surface area contributed by atoms with Gasteiger partial charge in [-0.1, -0.05) is 18.2 Å². The first-order valence-corrected chi connectivity index (χ1v) is 8.96. The molecule has 2 heterocycles. The van der Waals surface area contributed by atoms with Gasteiger partial charge >= 0.3 is 0 Å². The lowest BCUT2D eigenvalue weighted by molar-refractivity contribution is 0.0977. The highest BCUT2D eigenvalue weighted by Crippen LogP contribution is 2.33. The van der Waals surface area contributed by atoms with E-state index in [1.54, 1.807) is 42.5 Å². The first kappa shape index (κ1) is 19.0. The van der Waals surface area contributed by atoms with E-state index in [4.69, 9.17) is 19.6 Å². The van der Waals surface area contributed by atoms with Crippen LogP contribution in [0, 0.1) is 0 Å². The monoisotopic (exact) mass is 403 g/mol. The van der Waals surface area contributed by atoms with Gasteiger partial charge in [0.1, 0.15) is 22.8 Å². The Morgan fingerprint density at radius 1 is 1.03 bits per heavy atom. The van der Waals surface area contributed by atoms with Gasteiger partial charge in [-0.25, -0.2) is 4.98 Å². The molecule has 2 aromatic heterocycles. The lowest BCUT2D eigenvalue weighted by atomic mass is 10.2. The van der Waals surface area contributed by atoms with Crippen molar-refractivity contribution in [2.75, 3.05) is 12.4 Å². The van der Waals surface area contributed by atoms with E-state index < -0.39 is 11.8 Å². The minimum atomic E-state index is -0.801. The maximum Gasteiger partial charge on any atom is 0.286 e. The zero-order chi connectivity index (χ0) is 21.1. The van der Waals surface area contributed by atoms with E-state index in [9.17, 15) is 9.59 Å². The molecular formula is C22H17N3O5. The number of furan rings is 1.